The van der Waals surface area contributed by atoms with E-state index >= 15 is 0 Å². The molecule has 35 heavy (non-hydrogen) atoms. The first-order chi connectivity index (χ1) is 16.9. The smallest absolute Gasteiger partial charge is 0.327 e. The zero-order valence-electron chi connectivity index (χ0n) is 21.8. The quantitative estimate of drug-likeness (QED) is 0.0539. The van der Waals surface area contributed by atoms with Crippen LogP contribution in [0.4, 0.5) is 0 Å². The van der Waals surface area contributed by atoms with E-state index in [4.69, 9.17) is 13.8 Å². The van der Waals surface area contributed by atoms with Crippen LogP contribution in [0.2, 0.25) is 0 Å². The molecule has 0 rings (SSSR count). The van der Waals surface area contributed by atoms with Crippen molar-refractivity contribution in [2.24, 2.45) is 5.41 Å². The SMILES string of the molecule is CCCCCCCC=CCOC(CC=CCCCCCCC)C(CO)(COP(O)O)COP(O)O. The van der Waals surface area contributed by atoms with Gasteiger partial charge in [0.2, 0.25) is 0 Å². The Hall–Kier alpha value is 0.0200. The fourth-order valence-corrected chi connectivity index (χ4v) is 4.46. The maximum Gasteiger partial charge on any atom is 0.327 e. The second kappa shape index (κ2) is 24.4. The number of ether oxygens (including phenoxy) is 1. The van der Waals surface area contributed by atoms with Crippen LogP contribution in [0.3, 0.4) is 0 Å². The molecule has 0 spiro atoms. The van der Waals surface area contributed by atoms with Crippen LogP contribution < -0.4 is 0 Å². The molecule has 8 nitrogen and oxygen atoms in total. The van der Waals surface area contributed by atoms with E-state index in [-0.39, 0.29) is 13.2 Å². The summed E-state index contributed by atoms with van der Waals surface area (Å²) in [7, 11) is -5.30. The third kappa shape index (κ3) is 19.8. The van der Waals surface area contributed by atoms with Crippen LogP contribution >= 0.6 is 17.2 Å². The normalized spacial score (nSPS) is 13.7. The number of hydrogen-bond acceptors (Lipinski definition) is 8. The van der Waals surface area contributed by atoms with E-state index in [0.717, 1.165) is 25.7 Å². The fourth-order valence-electron chi connectivity index (χ4n) is 3.71. The van der Waals surface area contributed by atoms with Gasteiger partial charge in [-0.05, 0) is 32.1 Å². The van der Waals surface area contributed by atoms with Crippen LogP contribution in [0, 0.1) is 5.41 Å². The predicted molar refractivity (Wildman–Crippen MR) is 144 cm³/mol. The first-order valence-electron chi connectivity index (χ1n) is 13.1. The zero-order valence-corrected chi connectivity index (χ0v) is 23.6. The van der Waals surface area contributed by atoms with E-state index in [1.165, 1.54) is 51.4 Å². The summed E-state index contributed by atoms with van der Waals surface area (Å²) in [6, 6.07) is 0. The molecule has 1 unspecified atom stereocenters. The number of aliphatic hydroxyl groups excluding tert-OH is 1. The fraction of sp³-hybridized carbons (Fsp3) is 0.840. The molecule has 0 aromatic carbocycles. The molecule has 208 valence electrons. The third-order valence-electron chi connectivity index (χ3n) is 5.96. The third-order valence-corrected chi connectivity index (χ3v) is 6.68. The summed E-state index contributed by atoms with van der Waals surface area (Å²) in [5.41, 5.74) is -1.20. The van der Waals surface area contributed by atoms with Gasteiger partial charge in [-0.15, -0.1) is 0 Å². The highest BCUT2D eigenvalue weighted by Crippen LogP contribution is 2.37. The average molecular weight is 541 g/mol. The molecule has 0 aliphatic carbocycles. The summed E-state index contributed by atoms with van der Waals surface area (Å²) in [5, 5.41) is 10.2. The topological polar surface area (TPSA) is 129 Å². The Morgan fingerprint density at radius 3 is 1.63 bits per heavy atom. The Labute approximate surface area is 215 Å². The van der Waals surface area contributed by atoms with Crippen molar-refractivity contribution in [1.82, 2.24) is 0 Å². The van der Waals surface area contributed by atoms with Crippen LogP contribution in [-0.2, 0) is 13.8 Å². The van der Waals surface area contributed by atoms with E-state index in [2.05, 4.69) is 26.0 Å². The van der Waals surface area contributed by atoms with Crippen molar-refractivity contribution in [3.63, 3.8) is 0 Å². The highest BCUT2D eigenvalue weighted by Gasteiger charge is 2.41. The van der Waals surface area contributed by atoms with E-state index in [0.29, 0.717) is 13.0 Å². The molecule has 0 saturated heterocycles. The van der Waals surface area contributed by atoms with Crippen LogP contribution in [0.25, 0.3) is 0 Å². The summed E-state index contributed by atoms with van der Waals surface area (Å²) >= 11 is 0. The van der Waals surface area contributed by atoms with E-state index in [1.54, 1.807) is 0 Å². The van der Waals surface area contributed by atoms with Crippen molar-refractivity contribution in [1.29, 1.82) is 0 Å². The van der Waals surface area contributed by atoms with E-state index in [9.17, 15) is 24.7 Å². The molecule has 0 aromatic rings. The Morgan fingerprint density at radius 2 is 1.17 bits per heavy atom. The molecule has 10 heteroatoms. The van der Waals surface area contributed by atoms with Gasteiger partial charge in [0.1, 0.15) is 0 Å². The van der Waals surface area contributed by atoms with E-state index in [1.807, 2.05) is 12.2 Å². The Morgan fingerprint density at radius 1 is 0.686 bits per heavy atom. The molecule has 0 fully saturated rings. The molecule has 0 aliphatic heterocycles. The summed E-state index contributed by atoms with van der Waals surface area (Å²) in [4.78, 5) is 37.1. The standard InChI is InChI=1S/C25H50O8P2/c1-3-5-7-9-11-13-15-17-19-24(31-20-18-16-14-12-10-8-6-4-2)25(21-26,22-32-34(27)28)23-33-35(29)30/h15-18,24,26-30H,3-14,19-23H2,1-2H3. The molecule has 0 heterocycles. The lowest BCUT2D eigenvalue weighted by Gasteiger charge is -2.38. The largest absolute Gasteiger partial charge is 0.396 e. The molecule has 0 aromatic heterocycles. The Kier molecular flexibility index (Phi) is 24.4. The molecule has 0 amide bonds. The number of aliphatic hydroxyl groups is 1. The Bertz CT molecular complexity index is 506. The van der Waals surface area contributed by atoms with Gasteiger partial charge in [0, 0.05) is 0 Å². The number of unbranched alkanes of at least 4 members (excludes halogenated alkanes) is 10. The maximum absolute atomic E-state index is 10.2. The first kappa shape index (κ1) is 35.0. The predicted octanol–water partition coefficient (Wildman–Crippen LogP) is 6.03. The summed E-state index contributed by atoms with van der Waals surface area (Å²) in [5.74, 6) is 0. The van der Waals surface area contributed by atoms with Gasteiger partial charge < -0.3 is 38.5 Å². The van der Waals surface area contributed by atoms with Crippen LogP contribution in [0.1, 0.15) is 97.3 Å². The molecule has 0 bridgehead atoms. The van der Waals surface area contributed by atoms with Crippen LogP contribution in [-0.4, -0.2) is 57.2 Å². The number of rotatable bonds is 25. The molecule has 0 saturated carbocycles. The minimum Gasteiger partial charge on any atom is -0.396 e. The van der Waals surface area contributed by atoms with Gasteiger partial charge in [0.25, 0.3) is 0 Å². The monoisotopic (exact) mass is 540 g/mol. The summed E-state index contributed by atoms with van der Waals surface area (Å²) in [6.07, 6.45) is 22.0. The lowest BCUT2D eigenvalue weighted by Crippen LogP contribution is -2.47. The van der Waals surface area contributed by atoms with Crippen molar-refractivity contribution < 1.29 is 38.5 Å². The molecule has 0 radical (unpaired) electrons. The Balaban J connectivity index is 5.09. The number of allylic oxidation sites excluding steroid dienone is 2. The second-order valence-electron chi connectivity index (χ2n) is 8.98. The van der Waals surface area contributed by atoms with Gasteiger partial charge in [-0.2, -0.15) is 0 Å². The highest BCUT2D eigenvalue weighted by atomic mass is 31.2. The summed E-state index contributed by atoms with van der Waals surface area (Å²) < 4.78 is 16.2. The number of hydrogen-bond donors (Lipinski definition) is 5. The van der Waals surface area contributed by atoms with Crippen molar-refractivity contribution in [3.05, 3.63) is 24.3 Å². The average Bonchev–Trinajstić information content (AvgIpc) is 2.83. The van der Waals surface area contributed by atoms with Gasteiger partial charge in [-0.1, -0.05) is 89.5 Å². The van der Waals surface area contributed by atoms with Gasteiger partial charge in [0.15, 0.2) is 0 Å². The van der Waals surface area contributed by atoms with E-state index < -0.39 is 35.3 Å². The molecular formula is C25H50O8P2. The minimum absolute atomic E-state index is 0.262. The van der Waals surface area contributed by atoms with Crippen LogP contribution in [0.5, 0.6) is 0 Å². The molecular weight excluding hydrogens is 490 g/mol. The minimum atomic E-state index is -2.65. The van der Waals surface area contributed by atoms with Gasteiger partial charge in [-0.3, -0.25) is 0 Å². The van der Waals surface area contributed by atoms with Gasteiger partial charge in [-0.25, -0.2) is 0 Å². The maximum atomic E-state index is 10.2. The summed E-state index contributed by atoms with van der Waals surface area (Å²) in [6.45, 7) is 3.73. The highest BCUT2D eigenvalue weighted by molar-refractivity contribution is 7.39. The van der Waals surface area contributed by atoms with Gasteiger partial charge in [0.05, 0.1) is 37.9 Å². The second-order valence-corrected chi connectivity index (χ2v) is 10.5. The molecule has 0 aliphatic rings. The lowest BCUT2D eigenvalue weighted by molar-refractivity contribution is -0.0986. The molecule has 1 atom stereocenters. The zero-order chi connectivity index (χ0) is 26.2. The van der Waals surface area contributed by atoms with Crippen LogP contribution in [0.15, 0.2) is 24.3 Å². The molecule has 5 N–H and O–H groups in total. The van der Waals surface area contributed by atoms with Crippen molar-refractivity contribution in [3.8, 4) is 0 Å². The van der Waals surface area contributed by atoms with Crippen molar-refractivity contribution in [2.75, 3.05) is 26.4 Å². The van der Waals surface area contributed by atoms with Crippen molar-refractivity contribution in [2.45, 2.75) is 103 Å². The van der Waals surface area contributed by atoms with Gasteiger partial charge >= 0.3 is 17.2 Å². The first-order valence-corrected chi connectivity index (χ1v) is 15.4. The lowest BCUT2D eigenvalue weighted by atomic mass is 9.82. The van der Waals surface area contributed by atoms with Crippen molar-refractivity contribution >= 4 is 17.2 Å².